The summed E-state index contributed by atoms with van der Waals surface area (Å²) in [5, 5.41) is 3.38. The van der Waals surface area contributed by atoms with Crippen LogP contribution < -0.4 is 10.1 Å². The second-order valence-corrected chi connectivity index (χ2v) is 4.85. The van der Waals surface area contributed by atoms with Crippen molar-refractivity contribution in [1.82, 2.24) is 5.32 Å². The zero-order valence-corrected chi connectivity index (χ0v) is 11.7. The van der Waals surface area contributed by atoms with Gasteiger partial charge in [-0.15, -0.1) is 0 Å². The topological polar surface area (TPSA) is 47.6 Å². The predicted molar refractivity (Wildman–Crippen MR) is 73.9 cm³/mol. The maximum Gasteiger partial charge on any atom is 0.255 e. The van der Waals surface area contributed by atoms with Crippen molar-refractivity contribution in [3.05, 3.63) is 28.8 Å². The van der Waals surface area contributed by atoms with Crippen LogP contribution in [-0.4, -0.2) is 31.8 Å². The second kappa shape index (κ2) is 6.78. The molecule has 2 rings (SSSR count). The third-order valence-electron chi connectivity index (χ3n) is 3.00. The summed E-state index contributed by atoms with van der Waals surface area (Å²) < 4.78 is 10.9. The van der Waals surface area contributed by atoms with Crippen LogP contribution in [0.2, 0.25) is 5.02 Å². The lowest BCUT2D eigenvalue weighted by atomic mass is 10.1. The summed E-state index contributed by atoms with van der Waals surface area (Å²) in [6, 6.07) is 5.05. The van der Waals surface area contributed by atoms with E-state index in [1.54, 1.807) is 18.2 Å². The Hall–Kier alpha value is -1.26. The monoisotopic (exact) mass is 283 g/mol. The molecule has 0 radical (unpaired) electrons. The fraction of sp³-hybridized carbons (Fsp3) is 0.500. The first-order valence-corrected chi connectivity index (χ1v) is 6.90. The molecule has 1 aliphatic rings. The van der Waals surface area contributed by atoms with Gasteiger partial charge in [0.1, 0.15) is 5.75 Å². The minimum Gasteiger partial charge on any atom is -0.493 e. The highest BCUT2D eigenvalue weighted by Crippen LogP contribution is 2.23. The van der Waals surface area contributed by atoms with Crippen molar-refractivity contribution in [2.24, 2.45) is 0 Å². The van der Waals surface area contributed by atoms with E-state index in [1.165, 1.54) is 0 Å². The number of carbonyl (C=O) groups is 1. The van der Waals surface area contributed by atoms with Crippen molar-refractivity contribution in [3.8, 4) is 5.75 Å². The summed E-state index contributed by atoms with van der Waals surface area (Å²) >= 11 is 5.93. The summed E-state index contributed by atoms with van der Waals surface area (Å²) in [5.74, 6) is 0.373. The van der Waals surface area contributed by atoms with Crippen molar-refractivity contribution in [3.63, 3.8) is 0 Å². The molecule has 1 fully saturated rings. The quantitative estimate of drug-likeness (QED) is 0.904. The van der Waals surface area contributed by atoms with E-state index < -0.39 is 0 Å². The Labute approximate surface area is 118 Å². The molecule has 1 amide bonds. The lowest BCUT2D eigenvalue weighted by molar-refractivity contribution is 0.0854. The first kappa shape index (κ1) is 14.2. The van der Waals surface area contributed by atoms with E-state index >= 15 is 0 Å². The van der Waals surface area contributed by atoms with Gasteiger partial charge in [0, 0.05) is 18.2 Å². The number of ether oxygens (including phenoxy) is 2. The van der Waals surface area contributed by atoms with Crippen LogP contribution in [0.3, 0.4) is 0 Å². The third-order valence-corrected chi connectivity index (χ3v) is 3.24. The molecule has 0 saturated carbocycles. The Morgan fingerprint density at radius 2 is 2.42 bits per heavy atom. The van der Waals surface area contributed by atoms with Gasteiger partial charge in [-0.05, 0) is 38.0 Å². The largest absolute Gasteiger partial charge is 0.493 e. The van der Waals surface area contributed by atoms with Crippen LogP contribution in [0.5, 0.6) is 5.75 Å². The number of amides is 1. The molecule has 1 saturated heterocycles. The molecule has 1 N–H and O–H groups in total. The summed E-state index contributed by atoms with van der Waals surface area (Å²) in [5.41, 5.74) is 0.465. The summed E-state index contributed by atoms with van der Waals surface area (Å²) in [7, 11) is 0. The van der Waals surface area contributed by atoms with E-state index in [0.29, 0.717) is 29.5 Å². The van der Waals surface area contributed by atoms with Gasteiger partial charge in [-0.2, -0.15) is 0 Å². The van der Waals surface area contributed by atoms with Gasteiger partial charge in [0.05, 0.1) is 18.3 Å². The average Bonchev–Trinajstić information content (AvgIpc) is 2.91. The molecule has 104 valence electrons. The van der Waals surface area contributed by atoms with Gasteiger partial charge < -0.3 is 14.8 Å². The molecule has 0 aliphatic carbocycles. The van der Waals surface area contributed by atoms with Crippen LogP contribution >= 0.6 is 11.6 Å². The Bertz CT molecular complexity index is 444. The fourth-order valence-electron chi connectivity index (χ4n) is 2.07. The number of hydrogen-bond donors (Lipinski definition) is 1. The van der Waals surface area contributed by atoms with Gasteiger partial charge in [0.2, 0.25) is 0 Å². The standard InChI is InChI=1S/C14H18ClNO3/c1-2-18-13-6-5-10(15)8-12(13)14(17)16-9-11-4-3-7-19-11/h5-6,8,11H,2-4,7,9H2,1H3,(H,16,17)/t11-/m0/s1. The van der Waals surface area contributed by atoms with Gasteiger partial charge in [-0.1, -0.05) is 11.6 Å². The number of benzene rings is 1. The van der Waals surface area contributed by atoms with Crippen molar-refractivity contribution in [2.75, 3.05) is 19.8 Å². The van der Waals surface area contributed by atoms with Crippen LogP contribution in [0.15, 0.2) is 18.2 Å². The Balaban J connectivity index is 2.02. The molecular formula is C14H18ClNO3. The molecule has 1 atom stereocenters. The molecule has 0 bridgehead atoms. The van der Waals surface area contributed by atoms with Crippen LogP contribution in [-0.2, 0) is 4.74 Å². The van der Waals surface area contributed by atoms with E-state index in [2.05, 4.69) is 5.32 Å². The first-order chi connectivity index (χ1) is 9.20. The lowest BCUT2D eigenvalue weighted by Crippen LogP contribution is -2.32. The molecular weight excluding hydrogens is 266 g/mol. The number of hydrogen-bond acceptors (Lipinski definition) is 3. The molecule has 0 aromatic heterocycles. The van der Waals surface area contributed by atoms with E-state index in [-0.39, 0.29) is 12.0 Å². The van der Waals surface area contributed by atoms with E-state index in [0.717, 1.165) is 19.4 Å². The second-order valence-electron chi connectivity index (χ2n) is 4.42. The van der Waals surface area contributed by atoms with Gasteiger partial charge in [-0.3, -0.25) is 4.79 Å². The normalized spacial score (nSPS) is 18.3. The van der Waals surface area contributed by atoms with E-state index in [1.807, 2.05) is 6.92 Å². The first-order valence-electron chi connectivity index (χ1n) is 6.53. The Morgan fingerprint density at radius 1 is 1.58 bits per heavy atom. The maximum absolute atomic E-state index is 12.1. The molecule has 1 aromatic carbocycles. The molecule has 5 heteroatoms. The van der Waals surface area contributed by atoms with Crippen molar-refractivity contribution >= 4 is 17.5 Å². The number of carbonyl (C=O) groups excluding carboxylic acids is 1. The Kier molecular flexibility index (Phi) is 5.05. The smallest absolute Gasteiger partial charge is 0.255 e. The number of nitrogens with one attached hydrogen (secondary N) is 1. The average molecular weight is 284 g/mol. The zero-order valence-electron chi connectivity index (χ0n) is 10.9. The van der Waals surface area contributed by atoms with Crippen LogP contribution in [0.25, 0.3) is 0 Å². The highest BCUT2D eigenvalue weighted by Gasteiger charge is 2.18. The fourth-order valence-corrected chi connectivity index (χ4v) is 2.24. The van der Waals surface area contributed by atoms with Gasteiger partial charge in [0.15, 0.2) is 0 Å². The minimum absolute atomic E-state index is 0.124. The molecule has 0 spiro atoms. The van der Waals surface area contributed by atoms with Gasteiger partial charge in [0.25, 0.3) is 5.91 Å². The van der Waals surface area contributed by atoms with E-state index in [4.69, 9.17) is 21.1 Å². The van der Waals surface area contributed by atoms with Gasteiger partial charge in [-0.25, -0.2) is 0 Å². The zero-order chi connectivity index (χ0) is 13.7. The van der Waals surface area contributed by atoms with Crippen LogP contribution in [0.1, 0.15) is 30.1 Å². The molecule has 1 heterocycles. The lowest BCUT2D eigenvalue weighted by Gasteiger charge is -2.13. The van der Waals surface area contributed by atoms with E-state index in [9.17, 15) is 4.79 Å². The summed E-state index contributed by atoms with van der Waals surface area (Å²) in [6.45, 7) is 3.69. The third kappa shape index (κ3) is 3.85. The molecule has 4 nitrogen and oxygen atoms in total. The maximum atomic E-state index is 12.1. The minimum atomic E-state index is -0.179. The number of rotatable bonds is 5. The van der Waals surface area contributed by atoms with Crippen molar-refractivity contribution < 1.29 is 14.3 Å². The highest BCUT2D eigenvalue weighted by molar-refractivity contribution is 6.31. The molecule has 1 aliphatic heterocycles. The highest BCUT2D eigenvalue weighted by atomic mass is 35.5. The molecule has 0 unspecified atom stereocenters. The van der Waals surface area contributed by atoms with Crippen molar-refractivity contribution in [2.45, 2.75) is 25.9 Å². The number of halogens is 1. The predicted octanol–water partition coefficient (Wildman–Crippen LogP) is 2.65. The van der Waals surface area contributed by atoms with Crippen molar-refractivity contribution in [1.29, 1.82) is 0 Å². The SMILES string of the molecule is CCOc1ccc(Cl)cc1C(=O)NC[C@@H]1CCCO1. The summed E-state index contributed by atoms with van der Waals surface area (Å²) in [4.78, 5) is 12.1. The van der Waals surface area contributed by atoms with Crippen LogP contribution in [0.4, 0.5) is 0 Å². The molecule has 1 aromatic rings. The molecule has 19 heavy (non-hydrogen) atoms. The van der Waals surface area contributed by atoms with Gasteiger partial charge >= 0.3 is 0 Å². The summed E-state index contributed by atoms with van der Waals surface area (Å²) in [6.07, 6.45) is 2.18. The van der Waals surface area contributed by atoms with Crippen LogP contribution in [0, 0.1) is 0 Å². The Morgan fingerprint density at radius 3 is 3.11 bits per heavy atom.